The normalized spacial score (nSPS) is 12.8. The zero-order valence-electron chi connectivity index (χ0n) is 12.1. The van der Waals surface area contributed by atoms with E-state index < -0.39 is 0 Å². The average Bonchev–Trinajstić information content (AvgIpc) is 3.02. The molecule has 1 N–H and O–H groups in total. The average molecular weight is 260 g/mol. The molecule has 0 aliphatic carbocycles. The third-order valence-corrected chi connectivity index (χ3v) is 3.62. The van der Waals surface area contributed by atoms with Crippen LogP contribution in [0.25, 0.3) is 0 Å². The van der Waals surface area contributed by atoms with Gasteiger partial charge in [-0.25, -0.2) is 4.98 Å². The number of rotatable bonds is 7. The highest BCUT2D eigenvalue weighted by Crippen LogP contribution is 2.18. The van der Waals surface area contributed by atoms with E-state index in [-0.39, 0.29) is 0 Å². The molecule has 2 aromatic heterocycles. The molecule has 2 rings (SSSR count). The molecular formula is C15H24N4. The summed E-state index contributed by atoms with van der Waals surface area (Å²) in [7, 11) is 2.03. The van der Waals surface area contributed by atoms with E-state index in [1.54, 1.807) is 0 Å². The first-order valence-electron chi connectivity index (χ1n) is 7.05. The molecule has 4 heteroatoms. The fourth-order valence-corrected chi connectivity index (χ4v) is 2.43. The molecule has 0 aliphatic rings. The van der Waals surface area contributed by atoms with E-state index in [0.717, 1.165) is 18.9 Å². The maximum absolute atomic E-state index is 4.24. The molecule has 2 aromatic rings. The van der Waals surface area contributed by atoms with Crippen LogP contribution >= 0.6 is 0 Å². The molecule has 0 spiro atoms. The summed E-state index contributed by atoms with van der Waals surface area (Å²) < 4.78 is 4.44. The van der Waals surface area contributed by atoms with Gasteiger partial charge in [-0.15, -0.1) is 0 Å². The second-order valence-electron chi connectivity index (χ2n) is 4.98. The van der Waals surface area contributed by atoms with E-state index in [4.69, 9.17) is 0 Å². The maximum atomic E-state index is 4.24. The zero-order valence-corrected chi connectivity index (χ0v) is 12.1. The summed E-state index contributed by atoms with van der Waals surface area (Å²) in [6, 6.07) is 2.69. The van der Waals surface area contributed by atoms with Gasteiger partial charge in [0.05, 0.1) is 0 Å². The largest absolute Gasteiger partial charge is 0.352 e. The molecular weight excluding hydrogens is 236 g/mol. The first kappa shape index (κ1) is 13.9. The number of hydrogen-bond acceptors (Lipinski definition) is 2. The van der Waals surface area contributed by atoms with E-state index >= 15 is 0 Å². The third kappa shape index (κ3) is 3.47. The van der Waals surface area contributed by atoms with Crippen molar-refractivity contribution in [3.8, 4) is 0 Å². The van der Waals surface area contributed by atoms with Crippen LogP contribution < -0.4 is 5.32 Å². The van der Waals surface area contributed by atoms with Crippen LogP contribution in [0.1, 0.15) is 37.2 Å². The molecule has 1 unspecified atom stereocenters. The summed E-state index contributed by atoms with van der Waals surface area (Å²) in [6.07, 6.45) is 10.7. The number of nitrogens with zero attached hydrogens (tertiary/aromatic N) is 3. The van der Waals surface area contributed by atoms with Crippen LogP contribution in [0.15, 0.2) is 30.9 Å². The van der Waals surface area contributed by atoms with E-state index in [2.05, 4.69) is 44.8 Å². The monoisotopic (exact) mass is 260 g/mol. The summed E-state index contributed by atoms with van der Waals surface area (Å²) in [5.74, 6) is 1.08. The molecule has 0 aromatic carbocycles. The first-order valence-corrected chi connectivity index (χ1v) is 7.05. The topological polar surface area (TPSA) is 34.8 Å². The zero-order chi connectivity index (χ0) is 13.7. The van der Waals surface area contributed by atoms with E-state index in [1.807, 2.05) is 26.4 Å². The van der Waals surface area contributed by atoms with Gasteiger partial charge in [0.1, 0.15) is 5.82 Å². The number of aromatic nitrogens is 3. The lowest BCUT2D eigenvalue weighted by Crippen LogP contribution is -2.15. The SMILES string of the molecule is CCCC(NC)c1ccn(CCn2ccnc2C)c1. The second kappa shape index (κ2) is 6.57. The first-order chi connectivity index (χ1) is 9.24. The van der Waals surface area contributed by atoms with Crippen molar-refractivity contribution in [3.63, 3.8) is 0 Å². The Balaban J connectivity index is 1.95. The van der Waals surface area contributed by atoms with Gasteiger partial charge in [-0.3, -0.25) is 0 Å². The molecule has 0 fully saturated rings. The second-order valence-corrected chi connectivity index (χ2v) is 4.98. The minimum absolute atomic E-state index is 0.473. The smallest absolute Gasteiger partial charge is 0.105 e. The Morgan fingerprint density at radius 3 is 2.79 bits per heavy atom. The highest BCUT2D eigenvalue weighted by Gasteiger charge is 2.09. The van der Waals surface area contributed by atoms with Crippen LogP contribution in [0, 0.1) is 6.92 Å². The van der Waals surface area contributed by atoms with Gasteiger partial charge < -0.3 is 14.5 Å². The van der Waals surface area contributed by atoms with E-state index in [1.165, 1.54) is 18.4 Å². The van der Waals surface area contributed by atoms with Crippen LogP contribution in [0.5, 0.6) is 0 Å². The van der Waals surface area contributed by atoms with Crippen molar-refractivity contribution in [1.29, 1.82) is 0 Å². The molecule has 0 amide bonds. The number of nitrogens with one attached hydrogen (secondary N) is 1. The summed E-state index contributed by atoms with van der Waals surface area (Å²) in [4.78, 5) is 4.24. The molecule has 2 heterocycles. The molecule has 0 bridgehead atoms. The molecule has 19 heavy (non-hydrogen) atoms. The van der Waals surface area contributed by atoms with Gasteiger partial charge in [0.15, 0.2) is 0 Å². The fraction of sp³-hybridized carbons (Fsp3) is 0.533. The van der Waals surface area contributed by atoms with Crippen molar-refractivity contribution >= 4 is 0 Å². The lowest BCUT2D eigenvalue weighted by molar-refractivity contribution is 0.535. The van der Waals surface area contributed by atoms with Crippen LogP contribution in [-0.2, 0) is 13.1 Å². The Morgan fingerprint density at radius 2 is 2.16 bits per heavy atom. The molecule has 0 radical (unpaired) electrons. The molecule has 104 valence electrons. The van der Waals surface area contributed by atoms with E-state index in [9.17, 15) is 0 Å². The van der Waals surface area contributed by atoms with Crippen molar-refractivity contribution in [3.05, 3.63) is 42.2 Å². The minimum atomic E-state index is 0.473. The number of aryl methyl sites for hydroxylation is 3. The van der Waals surface area contributed by atoms with Gasteiger partial charge in [0.25, 0.3) is 0 Å². The standard InChI is InChI=1S/C15H24N4/c1-4-5-15(16-3)14-6-8-18(12-14)10-11-19-9-7-17-13(19)2/h6-9,12,15-16H,4-5,10-11H2,1-3H3. The Morgan fingerprint density at radius 1 is 1.32 bits per heavy atom. The number of hydrogen-bond donors (Lipinski definition) is 1. The summed E-state index contributed by atoms with van der Waals surface area (Å²) in [5.41, 5.74) is 1.38. The lowest BCUT2D eigenvalue weighted by atomic mass is 10.1. The van der Waals surface area contributed by atoms with Crippen LogP contribution in [-0.4, -0.2) is 21.2 Å². The van der Waals surface area contributed by atoms with Crippen LogP contribution in [0.4, 0.5) is 0 Å². The van der Waals surface area contributed by atoms with Gasteiger partial charge in [-0.1, -0.05) is 13.3 Å². The van der Waals surface area contributed by atoms with Gasteiger partial charge in [-0.05, 0) is 32.0 Å². The molecule has 4 nitrogen and oxygen atoms in total. The molecule has 1 atom stereocenters. The number of imidazole rings is 1. The van der Waals surface area contributed by atoms with Gasteiger partial charge in [0.2, 0.25) is 0 Å². The highest BCUT2D eigenvalue weighted by molar-refractivity contribution is 5.15. The van der Waals surface area contributed by atoms with Gasteiger partial charge in [0, 0.05) is 43.9 Å². The predicted molar refractivity (Wildman–Crippen MR) is 78.1 cm³/mol. The van der Waals surface area contributed by atoms with Gasteiger partial charge in [-0.2, -0.15) is 0 Å². The Labute approximate surface area is 115 Å². The molecule has 0 saturated heterocycles. The summed E-state index contributed by atoms with van der Waals surface area (Å²) in [6.45, 7) is 6.22. The Kier molecular flexibility index (Phi) is 4.80. The fourth-order valence-electron chi connectivity index (χ4n) is 2.43. The van der Waals surface area contributed by atoms with Crippen molar-refractivity contribution in [2.75, 3.05) is 7.05 Å². The van der Waals surface area contributed by atoms with Crippen molar-refractivity contribution in [2.45, 2.75) is 45.8 Å². The summed E-state index contributed by atoms with van der Waals surface area (Å²) >= 11 is 0. The summed E-state index contributed by atoms with van der Waals surface area (Å²) in [5, 5.41) is 3.38. The van der Waals surface area contributed by atoms with Crippen LogP contribution in [0.2, 0.25) is 0 Å². The van der Waals surface area contributed by atoms with Crippen molar-refractivity contribution in [1.82, 2.24) is 19.4 Å². The predicted octanol–water partition coefficient (Wildman–Crippen LogP) is 2.75. The molecule has 0 aliphatic heterocycles. The highest BCUT2D eigenvalue weighted by atomic mass is 15.1. The quantitative estimate of drug-likeness (QED) is 0.830. The van der Waals surface area contributed by atoms with E-state index in [0.29, 0.717) is 6.04 Å². The maximum Gasteiger partial charge on any atom is 0.105 e. The minimum Gasteiger partial charge on any atom is -0.352 e. The van der Waals surface area contributed by atoms with Crippen LogP contribution in [0.3, 0.4) is 0 Å². The Hall–Kier alpha value is -1.55. The van der Waals surface area contributed by atoms with Gasteiger partial charge >= 0.3 is 0 Å². The Bertz CT molecular complexity index is 498. The third-order valence-electron chi connectivity index (χ3n) is 3.62. The molecule has 0 saturated carbocycles. The van der Waals surface area contributed by atoms with Crippen molar-refractivity contribution in [2.24, 2.45) is 0 Å². The van der Waals surface area contributed by atoms with Crippen molar-refractivity contribution < 1.29 is 0 Å². The lowest BCUT2D eigenvalue weighted by Gasteiger charge is -2.13.